The lowest BCUT2D eigenvalue weighted by molar-refractivity contribution is 0.378. The standard InChI is InChI=1S/C13H13ClN2O2/c1-17-13-6-9(7-15)2-3-12(13)18-11-4-5-16-8-10(11)14/h2-6,8H,7,15H2,1H3. The summed E-state index contributed by atoms with van der Waals surface area (Å²) in [4.78, 5) is 3.90. The molecule has 1 heterocycles. The van der Waals surface area contributed by atoms with Crippen molar-refractivity contribution in [3.63, 3.8) is 0 Å². The molecule has 5 heteroatoms. The Morgan fingerprint density at radius 3 is 2.72 bits per heavy atom. The Kier molecular flexibility index (Phi) is 4.02. The molecule has 0 atom stereocenters. The molecule has 1 aromatic carbocycles. The smallest absolute Gasteiger partial charge is 0.169 e. The minimum absolute atomic E-state index is 0.447. The van der Waals surface area contributed by atoms with Crippen molar-refractivity contribution in [3.8, 4) is 17.2 Å². The summed E-state index contributed by atoms with van der Waals surface area (Å²) in [5.41, 5.74) is 6.55. The van der Waals surface area contributed by atoms with Crippen LogP contribution in [0, 0.1) is 0 Å². The van der Waals surface area contributed by atoms with E-state index in [1.54, 1.807) is 25.4 Å². The summed E-state index contributed by atoms with van der Waals surface area (Å²) in [5.74, 6) is 1.74. The summed E-state index contributed by atoms with van der Waals surface area (Å²) in [6.07, 6.45) is 3.14. The average molecular weight is 265 g/mol. The normalized spacial score (nSPS) is 10.2. The number of benzene rings is 1. The highest BCUT2D eigenvalue weighted by atomic mass is 35.5. The average Bonchev–Trinajstić information content (AvgIpc) is 2.41. The minimum atomic E-state index is 0.447. The van der Waals surface area contributed by atoms with Gasteiger partial charge in [0.2, 0.25) is 0 Å². The number of pyridine rings is 1. The number of methoxy groups -OCH3 is 1. The number of nitrogens with zero attached hydrogens (tertiary/aromatic N) is 1. The predicted molar refractivity (Wildman–Crippen MR) is 70.2 cm³/mol. The second-order valence-corrected chi connectivity index (χ2v) is 4.00. The van der Waals surface area contributed by atoms with Gasteiger partial charge in [-0.1, -0.05) is 17.7 Å². The van der Waals surface area contributed by atoms with Crippen LogP contribution in [0.4, 0.5) is 0 Å². The number of aromatic nitrogens is 1. The van der Waals surface area contributed by atoms with E-state index < -0.39 is 0 Å². The fourth-order valence-corrected chi connectivity index (χ4v) is 1.64. The first-order valence-electron chi connectivity index (χ1n) is 5.39. The lowest BCUT2D eigenvalue weighted by Gasteiger charge is -2.12. The molecule has 94 valence electrons. The molecule has 0 spiro atoms. The highest BCUT2D eigenvalue weighted by Gasteiger charge is 2.08. The van der Waals surface area contributed by atoms with Crippen LogP contribution >= 0.6 is 11.6 Å². The van der Waals surface area contributed by atoms with Gasteiger partial charge >= 0.3 is 0 Å². The summed E-state index contributed by atoms with van der Waals surface area (Å²) in [6.45, 7) is 0.451. The highest BCUT2D eigenvalue weighted by Crippen LogP contribution is 2.34. The van der Waals surface area contributed by atoms with Crippen molar-refractivity contribution >= 4 is 11.6 Å². The van der Waals surface area contributed by atoms with Crippen molar-refractivity contribution in [1.29, 1.82) is 0 Å². The van der Waals surface area contributed by atoms with E-state index in [0.717, 1.165) is 5.56 Å². The second kappa shape index (κ2) is 5.71. The van der Waals surface area contributed by atoms with Gasteiger partial charge < -0.3 is 15.2 Å². The van der Waals surface area contributed by atoms with Crippen molar-refractivity contribution in [2.24, 2.45) is 5.73 Å². The van der Waals surface area contributed by atoms with Gasteiger partial charge in [0.05, 0.1) is 7.11 Å². The zero-order valence-corrected chi connectivity index (χ0v) is 10.6. The monoisotopic (exact) mass is 264 g/mol. The maximum Gasteiger partial charge on any atom is 0.169 e. The van der Waals surface area contributed by atoms with E-state index in [-0.39, 0.29) is 0 Å². The van der Waals surface area contributed by atoms with Gasteiger partial charge in [0.1, 0.15) is 10.8 Å². The molecular weight excluding hydrogens is 252 g/mol. The number of hydrogen-bond donors (Lipinski definition) is 1. The van der Waals surface area contributed by atoms with Gasteiger partial charge in [-0.25, -0.2) is 0 Å². The Labute approximate surface area is 110 Å². The summed E-state index contributed by atoms with van der Waals surface area (Å²) in [5, 5.41) is 0.447. The molecule has 0 fully saturated rings. The highest BCUT2D eigenvalue weighted by molar-refractivity contribution is 6.31. The Morgan fingerprint density at radius 1 is 1.22 bits per heavy atom. The second-order valence-electron chi connectivity index (χ2n) is 3.60. The van der Waals surface area contributed by atoms with Gasteiger partial charge in [0.15, 0.2) is 11.5 Å². The van der Waals surface area contributed by atoms with Gasteiger partial charge in [-0.2, -0.15) is 0 Å². The predicted octanol–water partition coefficient (Wildman–Crippen LogP) is 2.99. The maximum atomic E-state index is 5.98. The van der Waals surface area contributed by atoms with Crippen LogP contribution in [-0.4, -0.2) is 12.1 Å². The zero-order chi connectivity index (χ0) is 13.0. The Hall–Kier alpha value is -1.78. The van der Waals surface area contributed by atoms with Crippen molar-refractivity contribution in [1.82, 2.24) is 4.98 Å². The van der Waals surface area contributed by atoms with Crippen LogP contribution < -0.4 is 15.2 Å². The SMILES string of the molecule is COc1cc(CN)ccc1Oc1ccncc1Cl. The third kappa shape index (κ3) is 2.72. The molecule has 2 N–H and O–H groups in total. The molecule has 0 amide bonds. The third-order valence-corrected chi connectivity index (χ3v) is 2.70. The quantitative estimate of drug-likeness (QED) is 0.922. The number of rotatable bonds is 4. The van der Waals surface area contributed by atoms with Crippen LogP contribution in [-0.2, 0) is 6.54 Å². The van der Waals surface area contributed by atoms with E-state index in [0.29, 0.717) is 28.8 Å². The van der Waals surface area contributed by atoms with E-state index >= 15 is 0 Å². The van der Waals surface area contributed by atoms with Gasteiger partial charge in [-0.3, -0.25) is 4.98 Å². The Bertz CT molecular complexity index is 546. The molecule has 0 aliphatic heterocycles. The molecule has 0 unspecified atom stereocenters. The first kappa shape index (κ1) is 12.7. The van der Waals surface area contributed by atoms with Crippen LogP contribution in [0.3, 0.4) is 0 Å². The van der Waals surface area contributed by atoms with Gasteiger partial charge in [0.25, 0.3) is 0 Å². The lowest BCUT2D eigenvalue weighted by atomic mass is 10.2. The molecule has 4 nitrogen and oxygen atoms in total. The first-order chi connectivity index (χ1) is 8.74. The molecule has 0 saturated heterocycles. The van der Waals surface area contributed by atoms with E-state index in [4.69, 9.17) is 26.8 Å². The molecule has 0 aliphatic rings. The van der Waals surface area contributed by atoms with Gasteiger partial charge in [0, 0.05) is 25.0 Å². The molecule has 18 heavy (non-hydrogen) atoms. The first-order valence-corrected chi connectivity index (χ1v) is 5.76. The van der Waals surface area contributed by atoms with Crippen LogP contribution in [0.2, 0.25) is 5.02 Å². The lowest BCUT2D eigenvalue weighted by Crippen LogP contribution is -1.98. The van der Waals surface area contributed by atoms with Crippen LogP contribution in [0.15, 0.2) is 36.7 Å². The molecule has 2 rings (SSSR count). The third-order valence-electron chi connectivity index (χ3n) is 2.42. The summed E-state index contributed by atoms with van der Waals surface area (Å²) < 4.78 is 11.0. The maximum absolute atomic E-state index is 5.98. The van der Waals surface area contributed by atoms with E-state index in [1.165, 1.54) is 6.20 Å². The molecule has 0 aliphatic carbocycles. The van der Waals surface area contributed by atoms with Crippen molar-refractivity contribution in [2.45, 2.75) is 6.54 Å². The minimum Gasteiger partial charge on any atom is -0.493 e. The summed E-state index contributed by atoms with van der Waals surface area (Å²) in [7, 11) is 1.58. The van der Waals surface area contributed by atoms with Crippen molar-refractivity contribution in [2.75, 3.05) is 7.11 Å². The molecule has 0 radical (unpaired) electrons. The molecule has 1 aromatic heterocycles. The number of hydrogen-bond acceptors (Lipinski definition) is 4. The fourth-order valence-electron chi connectivity index (χ4n) is 1.49. The largest absolute Gasteiger partial charge is 0.493 e. The summed E-state index contributed by atoms with van der Waals surface area (Å²) >= 11 is 5.98. The summed E-state index contributed by atoms with van der Waals surface area (Å²) in [6, 6.07) is 7.22. The number of ether oxygens (including phenoxy) is 2. The van der Waals surface area contributed by atoms with E-state index in [1.807, 2.05) is 12.1 Å². The topological polar surface area (TPSA) is 57.4 Å². The van der Waals surface area contributed by atoms with Crippen LogP contribution in [0.1, 0.15) is 5.56 Å². The zero-order valence-electron chi connectivity index (χ0n) is 9.89. The van der Waals surface area contributed by atoms with Gasteiger partial charge in [-0.15, -0.1) is 0 Å². The molecule has 0 bridgehead atoms. The number of nitrogens with two attached hydrogens (primary N) is 1. The van der Waals surface area contributed by atoms with Crippen molar-refractivity contribution in [3.05, 3.63) is 47.2 Å². The Balaban J connectivity index is 2.32. The van der Waals surface area contributed by atoms with Crippen LogP contribution in [0.5, 0.6) is 17.2 Å². The van der Waals surface area contributed by atoms with Crippen molar-refractivity contribution < 1.29 is 9.47 Å². The van der Waals surface area contributed by atoms with E-state index in [2.05, 4.69) is 4.98 Å². The number of halogens is 1. The molecule has 0 saturated carbocycles. The fraction of sp³-hybridized carbons (Fsp3) is 0.154. The van der Waals surface area contributed by atoms with Crippen LogP contribution in [0.25, 0.3) is 0 Å². The molecule has 2 aromatic rings. The van der Waals surface area contributed by atoms with Gasteiger partial charge in [-0.05, 0) is 17.7 Å². The Morgan fingerprint density at radius 2 is 2.06 bits per heavy atom. The molecular formula is C13H13ClN2O2. The van der Waals surface area contributed by atoms with E-state index in [9.17, 15) is 0 Å².